The van der Waals surface area contributed by atoms with Gasteiger partial charge in [-0.05, 0) is 0 Å². The highest BCUT2D eigenvalue weighted by molar-refractivity contribution is 6.33. The fourth-order valence-electron chi connectivity index (χ4n) is 10.4. The first-order valence-electron chi connectivity index (χ1n) is 21.9. The summed E-state index contributed by atoms with van der Waals surface area (Å²) in [4.78, 5) is 0. The third-order valence-corrected chi connectivity index (χ3v) is 14.1. The molecule has 0 saturated carbocycles. The van der Waals surface area contributed by atoms with Gasteiger partial charge in [-0.15, -0.1) is 0 Å². The highest BCUT2D eigenvalue weighted by Crippen LogP contribution is 2.71. The minimum Gasteiger partial charge on any atom is -0.506 e. The van der Waals surface area contributed by atoms with E-state index in [-0.39, 0.29) is 0 Å². The second-order valence-electron chi connectivity index (χ2n) is 18.0. The number of phenolic OH excluding ortho intramolecular Hbond substituents is 30. The molecule has 1 heterocycles. The van der Waals surface area contributed by atoms with Crippen LogP contribution < -0.4 is 0 Å². The number of furan rings is 1. The molecular weight excluding hydrogens is 1100 g/mol. The summed E-state index contributed by atoms with van der Waals surface area (Å²) < 4.78 is 5.57. The van der Waals surface area contributed by atoms with Gasteiger partial charge >= 0.3 is 0 Å². The summed E-state index contributed by atoms with van der Waals surface area (Å²) in [5.41, 5.74) is -11.8. The van der Waals surface area contributed by atoms with E-state index in [0.717, 1.165) is 0 Å². The number of aromatic hydroxyl groups is 30. The van der Waals surface area contributed by atoms with Gasteiger partial charge in [0.2, 0.25) is 57.5 Å². The second-order valence-corrected chi connectivity index (χ2v) is 18.0. The zero-order valence-electron chi connectivity index (χ0n) is 38.8. The topological polar surface area (TPSA) is 620 Å². The molecule has 0 aliphatic heterocycles. The van der Waals surface area contributed by atoms with Crippen LogP contribution in [0.4, 0.5) is 0 Å². The molecule has 0 bridgehead atoms. The Kier molecular flexibility index (Phi) is 9.63. The Morgan fingerprint density at radius 2 is 0.296 bits per heavy atom. The molecule has 81 heavy (non-hydrogen) atoms. The molecule has 0 amide bonds. The third-order valence-electron chi connectivity index (χ3n) is 14.1. The molecule has 31 nitrogen and oxygen atoms in total. The number of phenols is 30. The van der Waals surface area contributed by atoms with Crippen molar-refractivity contribution in [3.05, 3.63) is 0 Å². The molecule has 0 saturated heterocycles. The summed E-state index contributed by atoms with van der Waals surface area (Å²) in [7, 11) is 0. The molecule has 1 aromatic heterocycles. The summed E-state index contributed by atoms with van der Waals surface area (Å²) in [6, 6.07) is 0. The largest absolute Gasteiger partial charge is 0.506 e. The summed E-state index contributed by atoms with van der Waals surface area (Å²) >= 11 is 0. The van der Waals surface area contributed by atoms with Gasteiger partial charge in [0, 0.05) is 43.4 Å². The van der Waals surface area contributed by atoms with Gasteiger partial charge in [-0.2, -0.15) is 0 Å². The molecule has 0 fully saturated rings. The Labute approximate surface area is 438 Å². The summed E-state index contributed by atoms with van der Waals surface area (Å²) in [6.45, 7) is 0. The number of benzene rings is 10. The van der Waals surface area contributed by atoms with E-state index in [1.54, 1.807) is 0 Å². The molecule has 0 atom stereocenters. The molecular formula is C50H30O31. The van der Waals surface area contributed by atoms with Gasteiger partial charge in [0.05, 0.1) is 54.6 Å². The van der Waals surface area contributed by atoms with Crippen molar-refractivity contribution < 1.29 is 158 Å². The Balaban J connectivity index is 1.38. The van der Waals surface area contributed by atoms with Crippen LogP contribution in [0.5, 0.6) is 172 Å². The standard InChI is InChI=1S/C50H30O31/c51-19-7-8-12(33(65)45(77)44(76)26(8)58)29(61)27(59)11(7)28(60)30(62)13(19)14-20(52)9(32(64)39(71)34(14)66)1-3-5(24(56)42(74)40(72)22(3)54)2(6-4(1)23(55)41(73)43(75)25(6)57)10-21(53)17-18-37(69)31(63)15-16(38(70)47(79)46(78)35(15)67)49(18)81-50(17)48(80)36(10)68/h51-80H. The van der Waals surface area contributed by atoms with E-state index in [4.69, 9.17) is 4.42 Å². The fraction of sp³-hybridized carbons (Fsp3) is 0. The monoisotopic (exact) mass is 1130 g/mol. The number of hydrogen-bond acceptors (Lipinski definition) is 31. The molecule has 11 rings (SSSR count). The lowest BCUT2D eigenvalue weighted by Gasteiger charge is -2.25. The van der Waals surface area contributed by atoms with Crippen molar-refractivity contribution in [3.8, 4) is 206 Å². The summed E-state index contributed by atoms with van der Waals surface area (Å²) in [6.07, 6.45) is 0. The van der Waals surface area contributed by atoms with Gasteiger partial charge in [0.25, 0.3) is 0 Å². The van der Waals surface area contributed by atoms with Crippen LogP contribution in [0.3, 0.4) is 0 Å². The van der Waals surface area contributed by atoms with Crippen molar-refractivity contribution >= 4 is 75.8 Å². The van der Waals surface area contributed by atoms with E-state index in [2.05, 4.69) is 0 Å². The number of hydrogen-bond donors (Lipinski definition) is 30. The van der Waals surface area contributed by atoms with E-state index >= 15 is 0 Å². The third kappa shape index (κ3) is 5.55. The molecule has 31 heteroatoms. The van der Waals surface area contributed by atoms with Crippen LogP contribution in [-0.2, 0) is 0 Å². The first-order chi connectivity index (χ1) is 37.8. The average Bonchev–Trinajstić information content (AvgIpc) is 2.58. The average molecular weight is 1130 g/mol. The molecule has 416 valence electrons. The van der Waals surface area contributed by atoms with Gasteiger partial charge in [-0.25, -0.2) is 0 Å². The smallest absolute Gasteiger partial charge is 0.205 e. The molecule has 0 aliphatic rings. The SMILES string of the molecule is Oc1c(O)c(-c2c(O)c(O)c3c(O)c(O)c4c(O)c(O)c(O)c(O)c4c3c2O)c(O)c(-c2c3c(O)c(O)c(O)c(O)c3c(-c3c(O)c(O)c4oc5c6c(O)c(O)c(O)c(O)c6c(O)c(O)c5c4c3O)c3c(O)c(O)c(O)c(O)c23)c1O. The summed E-state index contributed by atoms with van der Waals surface area (Å²) in [5, 5.41) is 324. The van der Waals surface area contributed by atoms with Gasteiger partial charge in [0.15, 0.2) is 109 Å². The lowest BCUT2D eigenvalue weighted by atomic mass is 9.81. The van der Waals surface area contributed by atoms with Crippen molar-refractivity contribution in [2.75, 3.05) is 0 Å². The molecule has 0 spiro atoms. The predicted octanol–water partition coefficient (Wildman–Crippen LogP) is 5.52. The first kappa shape index (κ1) is 50.5. The molecule has 30 N–H and O–H groups in total. The van der Waals surface area contributed by atoms with Crippen LogP contribution in [0.1, 0.15) is 0 Å². The lowest BCUT2D eigenvalue weighted by molar-refractivity contribution is 0.349. The minimum absolute atomic E-state index is 1.00. The van der Waals surface area contributed by atoms with Crippen LogP contribution in [-0.4, -0.2) is 153 Å². The van der Waals surface area contributed by atoms with E-state index in [1.807, 2.05) is 0 Å². The lowest BCUT2D eigenvalue weighted by Crippen LogP contribution is -1.97. The molecule has 0 aliphatic carbocycles. The van der Waals surface area contributed by atoms with E-state index in [9.17, 15) is 153 Å². The Morgan fingerprint density at radius 3 is 0.691 bits per heavy atom. The van der Waals surface area contributed by atoms with Gasteiger partial charge in [-0.1, -0.05) is 0 Å². The van der Waals surface area contributed by atoms with Crippen LogP contribution >= 0.6 is 0 Å². The van der Waals surface area contributed by atoms with Crippen molar-refractivity contribution in [1.29, 1.82) is 0 Å². The highest BCUT2D eigenvalue weighted by atomic mass is 16.4. The zero-order valence-corrected chi connectivity index (χ0v) is 38.8. The normalized spacial score (nSPS) is 12.0. The summed E-state index contributed by atoms with van der Waals surface area (Å²) in [5.74, 6) is -51.1. The predicted molar refractivity (Wildman–Crippen MR) is 268 cm³/mol. The highest BCUT2D eigenvalue weighted by Gasteiger charge is 2.42. The Morgan fingerprint density at radius 1 is 0.111 bits per heavy atom. The number of rotatable bonds is 3. The molecule has 10 aromatic carbocycles. The van der Waals surface area contributed by atoms with Crippen molar-refractivity contribution in [3.63, 3.8) is 0 Å². The van der Waals surface area contributed by atoms with E-state index in [0.29, 0.717) is 0 Å². The molecule has 11 aromatic rings. The number of fused-ring (bicyclic) bond motifs is 10. The Hall–Kier alpha value is -12.7. The van der Waals surface area contributed by atoms with Crippen molar-refractivity contribution in [1.82, 2.24) is 0 Å². The second kappa shape index (κ2) is 15.5. The van der Waals surface area contributed by atoms with Crippen LogP contribution in [0, 0.1) is 0 Å². The fourth-order valence-corrected chi connectivity index (χ4v) is 10.4. The van der Waals surface area contributed by atoms with Gasteiger partial charge in [-0.3, -0.25) is 0 Å². The van der Waals surface area contributed by atoms with E-state index < -0.39 is 282 Å². The van der Waals surface area contributed by atoms with Gasteiger partial charge in [0.1, 0.15) is 17.2 Å². The maximum absolute atomic E-state index is 12.4. The minimum atomic E-state index is -1.97. The van der Waals surface area contributed by atoms with Crippen molar-refractivity contribution in [2.45, 2.75) is 0 Å². The maximum atomic E-state index is 12.4. The van der Waals surface area contributed by atoms with Crippen LogP contribution in [0.15, 0.2) is 4.42 Å². The van der Waals surface area contributed by atoms with Gasteiger partial charge < -0.3 is 158 Å². The van der Waals surface area contributed by atoms with Crippen molar-refractivity contribution in [2.24, 2.45) is 0 Å². The first-order valence-corrected chi connectivity index (χ1v) is 21.9. The van der Waals surface area contributed by atoms with Crippen LogP contribution in [0.2, 0.25) is 0 Å². The molecule has 0 unspecified atom stereocenters. The zero-order chi connectivity index (χ0) is 59.6. The quantitative estimate of drug-likeness (QED) is 0.0448. The van der Waals surface area contributed by atoms with Crippen LogP contribution in [0.25, 0.3) is 109 Å². The maximum Gasteiger partial charge on any atom is 0.205 e. The van der Waals surface area contributed by atoms with E-state index in [1.165, 1.54) is 0 Å². The molecule has 0 radical (unpaired) electrons. The Bertz CT molecular complexity index is 4840.